The zero-order valence-corrected chi connectivity index (χ0v) is 23.7. The molecule has 4 heterocycles. The minimum atomic E-state index is -2.88. The number of carbonyl (C=O) groups is 1. The number of hydrogen-bond acceptors (Lipinski definition) is 7. The van der Waals surface area contributed by atoms with Crippen molar-refractivity contribution in [1.29, 1.82) is 0 Å². The molecule has 0 saturated carbocycles. The lowest BCUT2D eigenvalue weighted by atomic mass is 9.97. The number of halogens is 3. The zero-order valence-electron chi connectivity index (χ0n) is 23.7. The Labute approximate surface area is 245 Å². The molecule has 5 aromatic rings. The highest BCUT2D eigenvalue weighted by Gasteiger charge is 2.26. The second-order valence-electron chi connectivity index (χ2n) is 10.7. The van der Waals surface area contributed by atoms with E-state index in [1.165, 1.54) is 17.2 Å². The fourth-order valence-electron chi connectivity index (χ4n) is 5.61. The first-order chi connectivity index (χ1) is 20.8. The summed E-state index contributed by atoms with van der Waals surface area (Å²) < 4.78 is 46.7. The molecule has 1 saturated heterocycles. The van der Waals surface area contributed by atoms with Crippen LogP contribution in [-0.4, -0.2) is 64.7 Å². The number of alkyl halides is 2. The van der Waals surface area contributed by atoms with Crippen LogP contribution in [0.3, 0.4) is 0 Å². The first-order valence-electron chi connectivity index (χ1n) is 13.9. The molecule has 43 heavy (non-hydrogen) atoms. The molecule has 3 aromatic heterocycles. The Balaban J connectivity index is 1.36. The van der Waals surface area contributed by atoms with E-state index < -0.39 is 18.1 Å². The van der Waals surface area contributed by atoms with Crippen LogP contribution in [0.5, 0.6) is 0 Å². The van der Waals surface area contributed by atoms with Crippen LogP contribution in [0.15, 0.2) is 65.3 Å². The number of nitrogens with zero attached hydrogens (tertiary/aromatic N) is 6. The Morgan fingerprint density at radius 2 is 1.91 bits per heavy atom. The highest BCUT2D eigenvalue weighted by atomic mass is 19.3. The molecule has 1 fully saturated rings. The Hall–Kier alpha value is -4.71. The number of aromatic nitrogens is 4. The standard InChI is InChI=1S/C31H30F3N7O2/c1-39-12-9-21(10-13-39)40(2)27-14-24(22-4-3-5-26-23(22)8-11-35-26)25(32)15-28(27)41(18-42)17-20-7-6-19(16-36-20)30-37-38-31(43-30)29(33)34/h3-8,11,14-16,18,21,29,35H,9-10,12-13,17H2,1-2H3. The third-order valence-corrected chi connectivity index (χ3v) is 8.03. The number of H-pyrrole nitrogens is 1. The van der Waals surface area contributed by atoms with Crippen LogP contribution in [0.2, 0.25) is 0 Å². The maximum absolute atomic E-state index is 16.0. The lowest BCUT2D eigenvalue weighted by Gasteiger charge is -2.38. The molecule has 0 radical (unpaired) electrons. The minimum absolute atomic E-state index is 0.0519. The third kappa shape index (κ3) is 5.70. The molecular formula is C31H30F3N7O2. The molecule has 0 aliphatic carbocycles. The SMILES string of the molecule is CN1CCC(N(C)c2cc(-c3cccc4[nH]ccc34)c(F)cc2N(C=O)Cc2ccc(-c3nnc(C(F)F)o3)cn2)CC1. The number of rotatable bonds is 9. The van der Waals surface area contributed by atoms with Crippen LogP contribution in [0, 0.1) is 5.82 Å². The van der Waals surface area contributed by atoms with Gasteiger partial charge in [0.25, 0.3) is 5.89 Å². The van der Waals surface area contributed by atoms with Gasteiger partial charge in [0.15, 0.2) is 0 Å². The van der Waals surface area contributed by atoms with Gasteiger partial charge in [-0.15, -0.1) is 10.2 Å². The molecule has 12 heteroatoms. The van der Waals surface area contributed by atoms with E-state index in [0.717, 1.165) is 48.1 Å². The number of benzene rings is 2. The minimum Gasteiger partial charge on any atom is -0.415 e. The van der Waals surface area contributed by atoms with E-state index in [0.29, 0.717) is 28.9 Å². The summed E-state index contributed by atoms with van der Waals surface area (Å²) in [5.74, 6) is -1.31. The number of fused-ring (bicyclic) bond motifs is 1. The summed E-state index contributed by atoms with van der Waals surface area (Å²) in [7, 11) is 4.08. The van der Waals surface area contributed by atoms with Gasteiger partial charge in [-0.05, 0) is 68.9 Å². The zero-order chi connectivity index (χ0) is 30.1. The van der Waals surface area contributed by atoms with Gasteiger partial charge in [0.1, 0.15) is 5.82 Å². The summed E-state index contributed by atoms with van der Waals surface area (Å²) in [4.78, 5) is 25.9. The maximum Gasteiger partial charge on any atom is 0.314 e. The van der Waals surface area contributed by atoms with Gasteiger partial charge in [-0.25, -0.2) is 4.39 Å². The topological polar surface area (TPSA) is 94.4 Å². The smallest absolute Gasteiger partial charge is 0.314 e. The van der Waals surface area contributed by atoms with E-state index in [2.05, 4.69) is 37.0 Å². The van der Waals surface area contributed by atoms with Crippen molar-refractivity contribution in [2.75, 3.05) is 37.0 Å². The summed E-state index contributed by atoms with van der Waals surface area (Å²) in [5, 5.41) is 7.89. The molecule has 222 valence electrons. The summed E-state index contributed by atoms with van der Waals surface area (Å²) >= 11 is 0. The maximum atomic E-state index is 16.0. The van der Waals surface area contributed by atoms with Crippen molar-refractivity contribution in [2.24, 2.45) is 0 Å². The third-order valence-electron chi connectivity index (χ3n) is 8.03. The van der Waals surface area contributed by atoms with Gasteiger partial charge in [-0.3, -0.25) is 9.78 Å². The van der Waals surface area contributed by atoms with Crippen molar-refractivity contribution in [3.63, 3.8) is 0 Å². The number of piperidine rings is 1. The van der Waals surface area contributed by atoms with Crippen molar-refractivity contribution >= 4 is 28.7 Å². The Morgan fingerprint density at radius 1 is 1.09 bits per heavy atom. The molecule has 9 nitrogen and oxygen atoms in total. The van der Waals surface area contributed by atoms with E-state index in [-0.39, 0.29) is 18.5 Å². The van der Waals surface area contributed by atoms with Crippen molar-refractivity contribution in [3.8, 4) is 22.6 Å². The number of aromatic amines is 1. The Bertz CT molecular complexity index is 1730. The van der Waals surface area contributed by atoms with Gasteiger partial charge >= 0.3 is 6.43 Å². The van der Waals surface area contributed by atoms with E-state index >= 15 is 4.39 Å². The number of hydrogen-bond donors (Lipinski definition) is 1. The van der Waals surface area contributed by atoms with Crippen molar-refractivity contribution in [2.45, 2.75) is 31.9 Å². The number of nitrogens with one attached hydrogen (secondary N) is 1. The van der Waals surface area contributed by atoms with Crippen LogP contribution in [0.1, 0.15) is 30.9 Å². The first kappa shape index (κ1) is 28.4. The number of carbonyl (C=O) groups excluding carboxylic acids is 1. The largest absolute Gasteiger partial charge is 0.415 e. The number of pyridine rings is 1. The molecule has 1 amide bonds. The predicted octanol–water partition coefficient (Wildman–Crippen LogP) is 6.05. The highest BCUT2D eigenvalue weighted by molar-refractivity contribution is 5.97. The van der Waals surface area contributed by atoms with Crippen molar-refractivity contribution in [1.82, 2.24) is 25.1 Å². The highest BCUT2D eigenvalue weighted by Crippen LogP contribution is 2.40. The molecule has 0 unspecified atom stereocenters. The number of amides is 1. The Kier molecular flexibility index (Phi) is 7.85. The average molecular weight is 590 g/mol. The molecule has 1 N–H and O–H groups in total. The molecule has 0 atom stereocenters. The first-order valence-corrected chi connectivity index (χ1v) is 13.9. The summed E-state index contributed by atoms with van der Waals surface area (Å²) in [6.45, 7) is 1.93. The summed E-state index contributed by atoms with van der Waals surface area (Å²) in [6, 6.07) is 14.3. The van der Waals surface area contributed by atoms with Gasteiger partial charge in [-0.1, -0.05) is 12.1 Å². The van der Waals surface area contributed by atoms with Gasteiger partial charge < -0.3 is 24.1 Å². The van der Waals surface area contributed by atoms with Gasteiger partial charge in [0, 0.05) is 48.0 Å². The van der Waals surface area contributed by atoms with E-state index in [1.807, 2.05) is 43.6 Å². The predicted molar refractivity (Wildman–Crippen MR) is 157 cm³/mol. The van der Waals surface area contributed by atoms with E-state index in [1.54, 1.807) is 12.1 Å². The van der Waals surface area contributed by atoms with Gasteiger partial charge in [-0.2, -0.15) is 8.78 Å². The Morgan fingerprint density at radius 3 is 2.60 bits per heavy atom. The summed E-state index contributed by atoms with van der Waals surface area (Å²) in [6.07, 6.45) is 2.89. The van der Waals surface area contributed by atoms with Crippen LogP contribution < -0.4 is 9.80 Å². The molecule has 2 aromatic carbocycles. The quantitative estimate of drug-likeness (QED) is 0.209. The van der Waals surface area contributed by atoms with Crippen LogP contribution in [-0.2, 0) is 11.3 Å². The van der Waals surface area contributed by atoms with E-state index in [9.17, 15) is 13.6 Å². The van der Waals surface area contributed by atoms with Gasteiger partial charge in [0.05, 0.1) is 29.2 Å². The number of likely N-dealkylation sites (tertiary alicyclic amines) is 1. The van der Waals surface area contributed by atoms with Crippen molar-refractivity contribution in [3.05, 3.63) is 78.3 Å². The van der Waals surface area contributed by atoms with E-state index in [4.69, 9.17) is 4.42 Å². The molecule has 1 aliphatic rings. The van der Waals surface area contributed by atoms with Crippen molar-refractivity contribution < 1.29 is 22.4 Å². The molecule has 0 spiro atoms. The fraction of sp³-hybridized carbons (Fsp3) is 0.290. The average Bonchev–Trinajstić information content (AvgIpc) is 3.71. The molecule has 1 aliphatic heterocycles. The lowest BCUT2D eigenvalue weighted by Crippen LogP contribution is -2.42. The molecule has 0 bridgehead atoms. The van der Waals surface area contributed by atoms with Crippen LogP contribution in [0.4, 0.5) is 24.5 Å². The van der Waals surface area contributed by atoms with Crippen LogP contribution in [0.25, 0.3) is 33.5 Å². The molecular weight excluding hydrogens is 559 g/mol. The lowest BCUT2D eigenvalue weighted by molar-refractivity contribution is -0.107. The number of anilines is 2. The summed E-state index contributed by atoms with van der Waals surface area (Å²) in [5.41, 5.74) is 4.11. The monoisotopic (exact) mass is 589 g/mol. The normalized spacial score (nSPS) is 14.5. The molecule has 6 rings (SSSR count). The second-order valence-corrected chi connectivity index (χ2v) is 10.7. The fourth-order valence-corrected chi connectivity index (χ4v) is 5.61. The second kappa shape index (κ2) is 11.9. The van der Waals surface area contributed by atoms with Gasteiger partial charge in [0.2, 0.25) is 12.3 Å². The van der Waals surface area contributed by atoms with Crippen LogP contribution >= 0.6 is 0 Å².